The number of rotatable bonds is 5. The third kappa shape index (κ3) is 7.01. The Morgan fingerprint density at radius 1 is 1.32 bits per heavy atom. The topological polar surface area (TPSA) is 53.9 Å². The van der Waals surface area contributed by atoms with Crippen molar-refractivity contribution < 1.29 is 9.53 Å². The van der Waals surface area contributed by atoms with Crippen LogP contribution in [0.3, 0.4) is 0 Å². The number of hydrogen-bond acceptors (Lipinski definition) is 3. The molecule has 1 heterocycles. The van der Waals surface area contributed by atoms with Crippen LogP contribution in [0, 0.1) is 5.92 Å². The van der Waals surface area contributed by atoms with E-state index in [9.17, 15) is 4.79 Å². The summed E-state index contributed by atoms with van der Waals surface area (Å²) in [7, 11) is 1.46. The predicted molar refractivity (Wildman–Crippen MR) is 113 cm³/mol. The number of carbonyl (C=O) groups excluding carboxylic acids is 1. The van der Waals surface area contributed by atoms with E-state index in [1.807, 2.05) is 24.3 Å². The van der Waals surface area contributed by atoms with Gasteiger partial charge in [-0.25, -0.2) is 0 Å². The summed E-state index contributed by atoms with van der Waals surface area (Å²) < 4.78 is 4.84. The van der Waals surface area contributed by atoms with Gasteiger partial charge in [-0.2, -0.15) is 0 Å². The van der Waals surface area contributed by atoms with Gasteiger partial charge in [0, 0.05) is 31.2 Å². The molecule has 25 heavy (non-hydrogen) atoms. The van der Waals surface area contributed by atoms with E-state index >= 15 is 0 Å². The summed E-state index contributed by atoms with van der Waals surface area (Å²) in [6, 6.07) is 7.88. The summed E-state index contributed by atoms with van der Waals surface area (Å²) in [5.41, 5.74) is 1.23. The van der Waals surface area contributed by atoms with E-state index < -0.39 is 0 Å². The molecule has 0 saturated carbocycles. The van der Waals surface area contributed by atoms with E-state index in [-0.39, 0.29) is 35.9 Å². The maximum Gasteiger partial charge on any atom is 0.308 e. The Hall–Kier alpha value is -1.02. The highest BCUT2D eigenvalue weighted by Gasteiger charge is 2.26. The Morgan fingerprint density at radius 2 is 1.96 bits per heavy atom. The first-order chi connectivity index (χ1) is 11.6. The Balaban J connectivity index is 0.00000312. The summed E-state index contributed by atoms with van der Waals surface area (Å²) >= 11 is 5.91. The van der Waals surface area contributed by atoms with E-state index in [1.54, 1.807) is 0 Å². The van der Waals surface area contributed by atoms with Crippen molar-refractivity contribution in [3.05, 3.63) is 34.9 Å². The van der Waals surface area contributed by atoms with Gasteiger partial charge in [0.05, 0.1) is 13.0 Å². The van der Waals surface area contributed by atoms with Gasteiger partial charge in [-0.15, -0.1) is 24.0 Å². The van der Waals surface area contributed by atoms with Crippen molar-refractivity contribution >= 4 is 47.5 Å². The molecular weight excluding hydrogens is 453 g/mol. The van der Waals surface area contributed by atoms with Crippen LogP contribution < -0.4 is 5.32 Å². The minimum Gasteiger partial charge on any atom is -0.469 e. The van der Waals surface area contributed by atoms with Gasteiger partial charge in [0.15, 0.2) is 5.96 Å². The van der Waals surface area contributed by atoms with Crippen LogP contribution >= 0.6 is 35.6 Å². The molecule has 0 bridgehead atoms. The Bertz CT molecular complexity index is 558. The first-order valence-electron chi connectivity index (χ1n) is 8.49. The number of methoxy groups -OCH3 is 1. The van der Waals surface area contributed by atoms with Crippen molar-refractivity contribution in [3.63, 3.8) is 0 Å². The molecule has 5 nitrogen and oxygen atoms in total. The molecule has 1 saturated heterocycles. The number of nitrogens with one attached hydrogen (secondary N) is 1. The average molecular weight is 480 g/mol. The molecule has 1 aliphatic heterocycles. The smallest absolute Gasteiger partial charge is 0.308 e. The molecule has 1 aromatic carbocycles. The lowest BCUT2D eigenvalue weighted by Gasteiger charge is -2.33. The van der Waals surface area contributed by atoms with Crippen LogP contribution in [0.4, 0.5) is 0 Å². The molecule has 0 aliphatic carbocycles. The molecule has 1 fully saturated rings. The highest BCUT2D eigenvalue weighted by atomic mass is 127. The molecule has 0 unspecified atom stereocenters. The number of aliphatic imine (C=N–C) groups is 1. The number of likely N-dealkylation sites (tertiary alicyclic amines) is 1. The second-order valence-electron chi connectivity index (χ2n) is 5.90. The summed E-state index contributed by atoms with van der Waals surface area (Å²) in [5.74, 6) is 0.845. The number of hydrogen-bond donors (Lipinski definition) is 1. The Labute approximate surface area is 172 Å². The first kappa shape index (κ1) is 22.0. The van der Waals surface area contributed by atoms with Crippen molar-refractivity contribution in [3.8, 4) is 0 Å². The van der Waals surface area contributed by atoms with Crippen molar-refractivity contribution in [2.24, 2.45) is 10.9 Å². The van der Waals surface area contributed by atoms with Gasteiger partial charge in [0.25, 0.3) is 0 Å². The second-order valence-corrected chi connectivity index (χ2v) is 6.33. The van der Waals surface area contributed by atoms with Crippen LogP contribution in [0.15, 0.2) is 29.3 Å². The molecule has 0 amide bonds. The van der Waals surface area contributed by atoms with Crippen LogP contribution in [0.2, 0.25) is 5.02 Å². The minimum atomic E-state index is -0.0978. The molecule has 1 aliphatic rings. The average Bonchev–Trinajstić information content (AvgIpc) is 2.62. The molecule has 0 aromatic heterocycles. The number of guanidine groups is 1. The molecule has 0 spiro atoms. The summed E-state index contributed by atoms with van der Waals surface area (Å²) in [6.45, 7) is 5.27. The van der Waals surface area contributed by atoms with Gasteiger partial charge in [-0.05, 0) is 43.9 Å². The van der Waals surface area contributed by atoms with Gasteiger partial charge >= 0.3 is 5.97 Å². The summed E-state index contributed by atoms with van der Waals surface area (Å²) in [5, 5.41) is 4.10. The van der Waals surface area contributed by atoms with Gasteiger partial charge in [-0.1, -0.05) is 23.7 Å². The van der Waals surface area contributed by atoms with Crippen LogP contribution in [0.5, 0.6) is 0 Å². The zero-order valence-electron chi connectivity index (χ0n) is 14.8. The van der Waals surface area contributed by atoms with E-state index in [4.69, 9.17) is 21.3 Å². The quantitative estimate of drug-likeness (QED) is 0.305. The van der Waals surface area contributed by atoms with Crippen LogP contribution in [-0.2, 0) is 16.0 Å². The number of esters is 1. The first-order valence-corrected chi connectivity index (χ1v) is 8.87. The Morgan fingerprint density at radius 3 is 2.52 bits per heavy atom. The largest absolute Gasteiger partial charge is 0.469 e. The van der Waals surface area contributed by atoms with E-state index in [1.165, 1.54) is 12.7 Å². The fourth-order valence-corrected chi connectivity index (χ4v) is 2.99. The SMILES string of the molecule is CCNC(=NCCc1ccc(Cl)cc1)N1CCC(C(=O)OC)CC1.I. The standard InChI is InChI=1S/C18H26ClN3O2.HI/c1-3-20-18(21-11-8-14-4-6-16(19)7-5-14)22-12-9-15(10-13-22)17(23)24-2;/h4-7,15H,3,8-13H2,1-2H3,(H,20,21);1H. The van der Waals surface area contributed by atoms with Crippen LogP contribution in [0.25, 0.3) is 0 Å². The van der Waals surface area contributed by atoms with Crippen molar-refractivity contribution in [1.29, 1.82) is 0 Å². The number of nitrogens with zero attached hydrogens (tertiary/aromatic N) is 2. The zero-order valence-corrected chi connectivity index (χ0v) is 17.9. The van der Waals surface area contributed by atoms with E-state index in [0.717, 1.165) is 56.4 Å². The van der Waals surface area contributed by atoms with Crippen molar-refractivity contribution in [2.75, 3.05) is 33.3 Å². The number of carbonyl (C=O) groups is 1. The second kappa shape index (κ2) is 11.6. The normalized spacial score (nSPS) is 15.5. The molecule has 2 rings (SSSR count). The maximum absolute atomic E-state index is 11.6. The third-order valence-electron chi connectivity index (χ3n) is 4.24. The van der Waals surface area contributed by atoms with Gasteiger partial charge in [0.1, 0.15) is 0 Å². The zero-order chi connectivity index (χ0) is 17.4. The lowest BCUT2D eigenvalue weighted by molar-refractivity contribution is -0.146. The lowest BCUT2D eigenvalue weighted by atomic mass is 9.97. The van der Waals surface area contributed by atoms with Gasteiger partial charge < -0.3 is 15.0 Å². The van der Waals surface area contributed by atoms with Gasteiger partial charge in [-0.3, -0.25) is 9.79 Å². The third-order valence-corrected chi connectivity index (χ3v) is 4.49. The number of benzene rings is 1. The van der Waals surface area contributed by atoms with Crippen molar-refractivity contribution in [2.45, 2.75) is 26.2 Å². The molecule has 140 valence electrons. The maximum atomic E-state index is 11.6. The van der Waals surface area contributed by atoms with E-state index in [2.05, 4.69) is 17.1 Å². The Kier molecular flexibility index (Phi) is 10.2. The van der Waals surface area contributed by atoms with Crippen molar-refractivity contribution in [1.82, 2.24) is 10.2 Å². The molecular formula is C18H27ClIN3O2. The summed E-state index contributed by atoms with van der Waals surface area (Å²) in [4.78, 5) is 18.6. The lowest BCUT2D eigenvalue weighted by Crippen LogP contribution is -2.46. The predicted octanol–water partition coefficient (Wildman–Crippen LogP) is 3.35. The molecule has 1 aromatic rings. The fourth-order valence-electron chi connectivity index (χ4n) is 2.86. The molecule has 1 N–H and O–H groups in total. The summed E-state index contributed by atoms with van der Waals surface area (Å²) in [6.07, 6.45) is 2.51. The molecule has 0 atom stereocenters. The van der Waals surface area contributed by atoms with Crippen LogP contribution in [0.1, 0.15) is 25.3 Å². The minimum absolute atomic E-state index is 0. The van der Waals surface area contributed by atoms with Crippen LogP contribution in [-0.4, -0.2) is 50.1 Å². The highest BCUT2D eigenvalue weighted by molar-refractivity contribution is 14.0. The molecule has 7 heteroatoms. The fraction of sp³-hybridized carbons (Fsp3) is 0.556. The highest BCUT2D eigenvalue weighted by Crippen LogP contribution is 2.18. The monoisotopic (exact) mass is 479 g/mol. The number of halogens is 2. The number of ether oxygens (including phenoxy) is 1. The van der Waals surface area contributed by atoms with Gasteiger partial charge in [0.2, 0.25) is 0 Å². The van der Waals surface area contributed by atoms with E-state index in [0.29, 0.717) is 0 Å². The number of piperidine rings is 1. The molecule has 0 radical (unpaired) electrons.